The molecule has 0 saturated heterocycles. The van der Waals surface area contributed by atoms with E-state index in [1.54, 1.807) is 6.07 Å². The van der Waals surface area contributed by atoms with E-state index in [4.69, 9.17) is 16.3 Å². The Hall–Kier alpha value is -1.22. The summed E-state index contributed by atoms with van der Waals surface area (Å²) >= 11 is 5.96. The third kappa shape index (κ3) is 2.63. The van der Waals surface area contributed by atoms with Gasteiger partial charge in [-0.15, -0.1) is 11.6 Å². The van der Waals surface area contributed by atoms with Crippen LogP contribution in [0.2, 0.25) is 0 Å². The van der Waals surface area contributed by atoms with E-state index in [2.05, 4.69) is 4.74 Å². The molecule has 1 rings (SSSR count). The van der Waals surface area contributed by atoms with Crippen LogP contribution in [0.1, 0.15) is 16.5 Å². The van der Waals surface area contributed by atoms with Crippen molar-refractivity contribution < 1.29 is 14.3 Å². The van der Waals surface area contributed by atoms with Crippen LogP contribution in [0.3, 0.4) is 0 Å². The Kier molecular flexibility index (Phi) is 3.97. The van der Waals surface area contributed by atoms with Crippen molar-refractivity contribution in [1.82, 2.24) is 0 Å². The molecule has 1 atom stereocenters. The number of benzene rings is 1. The van der Waals surface area contributed by atoms with Crippen LogP contribution in [0.4, 0.5) is 0 Å². The largest absolute Gasteiger partial charge is 0.496 e. The molecule has 0 radical (unpaired) electrons. The van der Waals surface area contributed by atoms with E-state index in [0.717, 1.165) is 5.56 Å². The lowest BCUT2D eigenvalue weighted by Gasteiger charge is -2.12. The number of hydrogen-bond donors (Lipinski definition) is 0. The van der Waals surface area contributed by atoms with Gasteiger partial charge in [-0.2, -0.15) is 0 Å². The number of alkyl halides is 1. The Morgan fingerprint density at radius 3 is 2.60 bits per heavy atom. The van der Waals surface area contributed by atoms with Crippen molar-refractivity contribution in [3.05, 3.63) is 29.3 Å². The minimum atomic E-state index is -0.829. The number of halogens is 1. The van der Waals surface area contributed by atoms with Gasteiger partial charge in [-0.25, -0.2) is 0 Å². The van der Waals surface area contributed by atoms with Crippen LogP contribution in [0.25, 0.3) is 0 Å². The number of hydrogen-bond acceptors (Lipinski definition) is 3. The lowest BCUT2D eigenvalue weighted by Crippen LogP contribution is -2.10. The van der Waals surface area contributed by atoms with Gasteiger partial charge >= 0.3 is 5.97 Å². The van der Waals surface area contributed by atoms with Crippen molar-refractivity contribution in [2.45, 2.75) is 12.3 Å². The van der Waals surface area contributed by atoms with Crippen LogP contribution in [-0.2, 0) is 9.53 Å². The van der Waals surface area contributed by atoms with Crippen LogP contribution in [0, 0.1) is 6.92 Å². The highest BCUT2D eigenvalue weighted by Crippen LogP contribution is 2.31. The fourth-order valence-corrected chi connectivity index (χ4v) is 1.54. The SMILES string of the molecule is COC(=O)C(Cl)c1cc(C)ccc1OC. The summed E-state index contributed by atoms with van der Waals surface area (Å²) in [6, 6.07) is 5.49. The highest BCUT2D eigenvalue weighted by atomic mass is 35.5. The predicted octanol–water partition coefficient (Wildman–Crippen LogP) is 2.46. The average Bonchev–Trinajstić information content (AvgIpc) is 2.27. The van der Waals surface area contributed by atoms with Crippen molar-refractivity contribution in [1.29, 1.82) is 0 Å². The van der Waals surface area contributed by atoms with E-state index in [1.165, 1.54) is 14.2 Å². The molecule has 15 heavy (non-hydrogen) atoms. The maximum Gasteiger partial charge on any atom is 0.328 e. The van der Waals surface area contributed by atoms with Gasteiger partial charge in [0.05, 0.1) is 14.2 Å². The smallest absolute Gasteiger partial charge is 0.328 e. The first-order valence-corrected chi connectivity index (χ1v) is 4.90. The molecular weight excluding hydrogens is 216 g/mol. The molecule has 0 spiro atoms. The van der Waals surface area contributed by atoms with Crippen LogP contribution >= 0.6 is 11.6 Å². The van der Waals surface area contributed by atoms with Crippen molar-refractivity contribution in [3.8, 4) is 5.75 Å². The summed E-state index contributed by atoms with van der Waals surface area (Å²) in [6.45, 7) is 1.92. The summed E-state index contributed by atoms with van der Waals surface area (Å²) in [5, 5.41) is -0.829. The second kappa shape index (κ2) is 5.03. The third-order valence-electron chi connectivity index (χ3n) is 2.07. The van der Waals surface area contributed by atoms with Crippen LogP contribution in [-0.4, -0.2) is 20.2 Å². The summed E-state index contributed by atoms with van der Waals surface area (Å²) in [5.74, 6) is 0.103. The molecule has 0 aromatic heterocycles. The molecule has 1 aromatic rings. The highest BCUT2D eigenvalue weighted by Gasteiger charge is 2.21. The summed E-state index contributed by atoms with van der Waals surface area (Å²) in [4.78, 5) is 11.3. The van der Waals surface area contributed by atoms with Gasteiger partial charge in [0.2, 0.25) is 0 Å². The zero-order chi connectivity index (χ0) is 11.4. The standard InChI is InChI=1S/C11H13ClO3/c1-7-4-5-9(14-2)8(6-7)10(12)11(13)15-3/h4-6,10H,1-3H3. The van der Waals surface area contributed by atoms with E-state index in [-0.39, 0.29) is 0 Å². The van der Waals surface area contributed by atoms with E-state index in [9.17, 15) is 4.79 Å². The van der Waals surface area contributed by atoms with Crippen LogP contribution in [0.5, 0.6) is 5.75 Å². The molecule has 82 valence electrons. The second-order valence-electron chi connectivity index (χ2n) is 3.13. The first-order valence-electron chi connectivity index (χ1n) is 4.46. The molecule has 1 aromatic carbocycles. The molecule has 0 fully saturated rings. The number of rotatable bonds is 3. The van der Waals surface area contributed by atoms with Gasteiger partial charge in [0.1, 0.15) is 5.75 Å². The lowest BCUT2D eigenvalue weighted by molar-refractivity contribution is -0.140. The van der Waals surface area contributed by atoms with E-state index in [1.807, 2.05) is 19.1 Å². The van der Waals surface area contributed by atoms with E-state index < -0.39 is 11.3 Å². The minimum absolute atomic E-state index is 0.486. The van der Waals surface area contributed by atoms with E-state index in [0.29, 0.717) is 11.3 Å². The van der Waals surface area contributed by atoms with Gasteiger partial charge in [-0.3, -0.25) is 4.79 Å². The number of methoxy groups -OCH3 is 2. The molecule has 0 bridgehead atoms. The minimum Gasteiger partial charge on any atom is -0.496 e. The highest BCUT2D eigenvalue weighted by molar-refractivity contribution is 6.30. The Bertz CT molecular complexity index is 363. The molecule has 0 heterocycles. The first-order chi connectivity index (χ1) is 7.10. The van der Waals surface area contributed by atoms with E-state index >= 15 is 0 Å². The fourth-order valence-electron chi connectivity index (χ4n) is 1.28. The number of esters is 1. The topological polar surface area (TPSA) is 35.5 Å². The number of carbonyl (C=O) groups excluding carboxylic acids is 1. The zero-order valence-corrected chi connectivity index (χ0v) is 9.67. The number of ether oxygens (including phenoxy) is 2. The molecule has 3 nitrogen and oxygen atoms in total. The number of carbonyl (C=O) groups is 1. The first kappa shape index (κ1) is 11.9. The average molecular weight is 229 g/mol. The van der Waals surface area contributed by atoms with Crippen molar-refractivity contribution in [2.24, 2.45) is 0 Å². The Morgan fingerprint density at radius 2 is 2.07 bits per heavy atom. The lowest BCUT2D eigenvalue weighted by atomic mass is 10.1. The molecule has 0 saturated carbocycles. The van der Waals surface area contributed by atoms with Gasteiger partial charge < -0.3 is 9.47 Å². The molecule has 4 heteroatoms. The molecule has 0 aliphatic heterocycles. The molecule has 0 aliphatic carbocycles. The van der Waals surface area contributed by atoms with Gasteiger partial charge in [-0.1, -0.05) is 17.7 Å². The summed E-state index contributed by atoms with van der Waals surface area (Å²) in [7, 11) is 2.84. The Morgan fingerprint density at radius 1 is 1.40 bits per heavy atom. The van der Waals surface area contributed by atoms with Crippen molar-refractivity contribution in [2.75, 3.05) is 14.2 Å². The maximum atomic E-state index is 11.3. The molecular formula is C11H13ClO3. The predicted molar refractivity (Wildman–Crippen MR) is 58.3 cm³/mol. The quantitative estimate of drug-likeness (QED) is 0.589. The third-order valence-corrected chi connectivity index (χ3v) is 2.48. The van der Waals surface area contributed by atoms with Gasteiger partial charge in [-0.05, 0) is 13.0 Å². The summed E-state index contributed by atoms with van der Waals surface area (Å²) < 4.78 is 9.70. The fraction of sp³-hybridized carbons (Fsp3) is 0.364. The van der Waals surface area contributed by atoms with Gasteiger partial charge in [0, 0.05) is 5.56 Å². The van der Waals surface area contributed by atoms with Crippen LogP contribution < -0.4 is 4.74 Å². The molecule has 0 aliphatic rings. The molecule has 0 N–H and O–H groups in total. The molecule has 0 amide bonds. The normalized spacial score (nSPS) is 12.0. The Balaban J connectivity index is 3.10. The summed E-state index contributed by atoms with van der Waals surface area (Å²) in [6.07, 6.45) is 0. The maximum absolute atomic E-state index is 11.3. The van der Waals surface area contributed by atoms with Crippen molar-refractivity contribution in [3.63, 3.8) is 0 Å². The summed E-state index contributed by atoms with van der Waals surface area (Å²) in [5.41, 5.74) is 1.64. The molecule has 1 unspecified atom stereocenters. The Labute approximate surface area is 93.9 Å². The monoisotopic (exact) mass is 228 g/mol. The second-order valence-corrected chi connectivity index (χ2v) is 3.57. The zero-order valence-electron chi connectivity index (χ0n) is 8.91. The van der Waals surface area contributed by atoms with Gasteiger partial charge in [0.15, 0.2) is 5.38 Å². The van der Waals surface area contributed by atoms with Gasteiger partial charge in [0.25, 0.3) is 0 Å². The van der Waals surface area contributed by atoms with Crippen LogP contribution in [0.15, 0.2) is 18.2 Å². The number of aryl methyl sites for hydroxylation is 1. The van der Waals surface area contributed by atoms with Crippen molar-refractivity contribution >= 4 is 17.6 Å².